The number of hydrogen-bond donors (Lipinski definition) is 1. The number of alkyl halides is 3. The molecule has 1 aromatic carbocycles. The average molecular weight is 459 g/mol. The van der Waals surface area contributed by atoms with E-state index in [4.69, 9.17) is 0 Å². The van der Waals surface area contributed by atoms with E-state index >= 15 is 0 Å². The van der Waals surface area contributed by atoms with Gasteiger partial charge in [0, 0.05) is 31.1 Å². The van der Waals surface area contributed by atoms with Crippen LogP contribution in [0.5, 0.6) is 0 Å². The van der Waals surface area contributed by atoms with E-state index in [9.17, 15) is 22.4 Å². The Labute approximate surface area is 185 Å². The van der Waals surface area contributed by atoms with Crippen molar-refractivity contribution in [1.29, 1.82) is 0 Å². The summed E-state index contributed by atoms with van der Waals surface area (Å²) in [6.07, 6.45) is -1.66. The number of H-pyrrole nitrogens is 1. The Morgan fingerprint density at radius 3 is 2.55 bits per heavy atom. The number of rotatable bonds is 4. The number of aromatic amines is 1. The molecule has 0 amide bonds. The van der Waals surface area contributed by atoms with E-state index in [2.05, 4.69) is 19.9 Å². The Bertz CT molecular complexity index is 1370. The fourth-order valence-electron chi connectivity index (χ4n) is 4.44. The third kappa shape index (κ3) is 4.35. The SMILES string of the molecule is O=c1ccc2ncc(F)cc2n1CCN1CCC(c2nc3ccc(C(F)(F)F)cc3[nH]2)CC1. The molecule has 0 spiro atoms. The number of nitrogens with zero attached hydrogens (tertiary/aromatic N) is 4. The number of hydrogen-bond acceptors (Lipinski definition) is 4. The van der Waals surface area contributed by atoms with E-state index in [-0.39, 0.29) is 11.5 Å². The molecule has 1 saturated heterocycles. The number of nitrogens with one attached hydrogen (secondary N) is 1. The summed E-state index contributed by atoms with van der Waals surface area (Å²) in [5, 5.41) is 0. The van der Waals surface area contributed by atoms with Gasteiger partial charge in [0.15, 0.2) is 0 Å². The fraction of sp³-hybridized carbons (Fsp3) is 0.348. The lowest BCUT2D eigenvalue weighted by atomic mass is 9.96. The largest absolute Gasteiger partial charge is 0.416 e. The molecule has 1 aliphatic rings. The maximum atomic E-state index is 13.7. The second kappa shape index (κ2) is 8.26. The van der Waals surface area contributed by atoms with Crippen LogP contribution >= 0.6 is 0 Å². The van der Waals surface area contributed by atoms with Crippen LogP contribution in [-0.4, -0.2) is 44.1 Å². The van der Waals surface area contributed by atoms with Gasteiger partial charge in [0.2, 0.25) is 0 Å². The standard InChI is InChI=1S/C23H21F4N5O/c24-16-12-20-18(28-13-16)3-4-21(33)32(20)10-9-31-7-5-14(6-8-31)22-29-17-2-1-15(23(25,26)27)11-19(17)30-22/h1-4,11-14H,5-10H2,(H,29,30). The van der Waals surface area contributed by atoms with E-state index in [1.165, 1.54) is 22.8 Å². The molecule has 1 N–H and O–H groups in total. The van der Waals surface area contributed by atoms with Crippen LogP contribution in [0, 0.1) is 5.82 Å². The first-order valence-electron chi connectivity index (χ1n) is 10.7. The first-order valence-corrected chi connectivity index (χ1v) is 10.7. The summed E-state index contributed by atoms with van der Waals surface area (Å²) in [5.74, 6) is 0.341. The highest BCUT2D eigenvalue weighted by Crippen LogP contribution is 2.32. The molecule has 0 unspecified atom stereocenters. The van der Waals surface area contributed by atoms with Crippen molar-refractivity contribution < 1.29 is 17.6 Å². The number of fused-ring (bicyclic) bond motifs is 2. The molecule has 10 heteroatoms. The fourth-order valence-corrected chi connectivity index (χ4v) is 4.44. The molecular weight excluding hydrogens is 438 g/mol. The van der Waals surface area contributed by atoms with Gasteiger partial charge in [-0.3, -0.25) is 9.78 Å². The molecule has 33 heavy (non-hydrogen) atoms. The number of likely N-dealkylation sites (tertiary alicyclic amines) is 1. The second-order valence-electron chi connectivity index (χ2n) is 8.35. The zero-order chi connectivity index (χ0) is 23.2. The first-order chi connectivity index (χ1) is 15.8. The molecule has 4 aromatic rings. The van der Waals surface area contributed by atoms with E-state index < -0.39 is 17.6 Å². The van der Waals surface area contributed by atoms with E-state index in [1.807, 2.05) is 0 Å². The molecule has 3 aromatic heterocycles. The molecule has 0 atom stereocenters. The predicted molar refractivity (Wildman–Crippen MR) is 115 cm³/mol. The summed E-state index contributed by atoms with van der Waals surface area (Å²) in [4.78, 5) is 26.2. The van der Waals surface area contributed by atoms with Gasteiger partial charge in [0.25, 0.3) is 5.56 Å². The minimum absolute atomic E-state index is 0.126. The smallest absolute Gasteiger partial charge is 0.342 e. The van der Waals surface area contributed by atoms with Crippen LogP contribution in [0.15, 0.2) is 47.4 Å². The van der Waals surface area contributed by atoms with Crippen LogP contribution in [0.25, 0.3) is 22.1 Å². The van der Waals surface area contributed by atoms with Crippen molar-refractivity contribution >= 4 is 22.1 Å². The Morgan fingerprint density at radius 1 is 1.03 bits per heavy atom. The van der Waals surface area contributed by atoms with Gasteiger partial charge in [-0.2, -0.15) is 13.2 Å². The Kier molecular flexibility index (Phi) is 5.40. The van der Waals surface area contributed by atoms with Crippen LogP contribution in [0.1, 0.15) is 30.1 Å². The highest BCUT2D eigenvalue weighted by Gasteiger charge is 2.31. The first kappa shape index (κ1) is 21.6. The average Bonchev–Trinajstić information content (AvgIpc) is 3.22. The van der Waals surface area contributed by atoms with Gasteiger partial charge >= 0.3 is 6.18 Å². The molecule has 172 valence electrons. The van der Waals surface area contributed by atoms with Gasteiger partial charge in [-0.1, -0.05) is 0 Å². The van der Waals surface area contributed by atoms with Gasteiger partial charge in [0.05, 0.1) is 33.8 Å². The van der Waals surface area contributed by atoms with Crippen molar-refractivity contribution in [2.45, 2.75) is 31.5 Å². The molecule has 6 nitrogen and oxygen atoms in total. The molecular formula is C23H21F4N5O. The summed E-state index contributed by atoms with van der Waals surface area (Å²) in [5.41, 5.74) is 1.05. The Morgan fingerprint density at radius 2 is 1.79 bits per heavy atom. The number of imidazole rings is 1. The highest BCUT2D eigenvalue weighted by molar-refractivity contribution is 5.76. The van der Waals surface area contributed by atoms with Gasteiger partial charge in [-0.15, -0.1) is 0 Å². The highest BCUT2D eigenvalue weighted by atomic mass is 19.4. The lowest BCUT2D eigenvalue weighted by molar-refractivity contribution is -0.137. The minimum Gasteiger partial charge on any atom is -0.342 e. The van der Waals surface area contributed by atoms with Gasteiger partial charge in [-0.25, -0.2) is 9.37 Å². The maximum Gasteiger partial charge on any atom is 0.416 e. The van der Waals surface area contributed by atoms with Gasteiger partial charge in [-0.05, 0) is 50.2 Å². The molecule has 1 aliphatic heterocycles. The Balaban J connectivity index is 1.25. The number of piperidine rings is 1. The summed E-state index contributed by atoms with van der Waals surface area (Å²) in [6.45, 7) is 2.57. The molecule has 5 rings (SSSR count). The zero-order valence-electron chi connectivity index (χ0n) is 17.6. The Hall–Kier alpha value is -3.27. The topological polar surface area (TPSA) is 66.8 Å². The van der Waals surface area contributed by atoms with Crippen molar-refractivity contribution in [3.05, 3.63) is 70.2 Å². The molecule has 4 heterocycles. The summed E-state index contributed by atoms with van der Waals surface area (Å²) < 4.78 is 54.1. The monoisotopic (exact) mass is 459 g/mol. The zero-order valence-corrected chi connectivity index (χ0v) is 17.6. The summed E-state index contributed by atoms with van der Waals surface area (Å²) in [6, 6.07) is 7.89. The van der Waals surface area contributed by atoms with Crippen molar-refractivity contribution in [1.82, 2.24) is 24.4 Å². The summed E-state index contributed by atoms with van der Waals surface area (Å²) in [7, 11) is 0. The van der Waals surface area contributed by atoms with Crippen LogP contribution < -0.4 is 5.56 Å². The normalized spacial score (nSPS) is 16.1. The van der Waals surface area contributed by atoms with E-state index in [0.29, 0.717) is 41.0 Å². The number of aromatic nitrogens is 4. The van der Waals surface area contributed by atoms with Gasteiger partial charge in [0.1, 0.15) is 11.6 Å². The van der Waals surface area contributed by atoms with Crippen LogP contribution in [0.3, 0.4) is 0 Å². The van der Waals surface area contributed by atoms with Crippen molar-refractivity contribution in [3.8, 4) is 0 Å². The van der Waals surface area contributed by atoms with E-state index in [1.54, 1.807) is 6.07 Å². The van der Waals surface area contributed by atoms with E-state index in [0.717, 1.165) is 44.3 Å². The molecule has 0 aliphatic carbocycles. The van der Waals surface area contributed by atoms with Crippen molar-refractivity contribution in [2.75, 3.05) is 19.6 Å². The number of benzene rings is 1. The number of pyridine rings is 2. The maximum absolute atomic E-state index is 13.7. The van der Waals surface area contributed by atoms with Crippen molar-refractivity contribution in [3.63, 3.8) is 0 Å². The summed E-state index contributed by atoms with van der Waals surface area (Å²) >= 11 is 0. The molecule has 0 radical (unpaired) electrons. The molecule has 0 saturated carbocycles. The van der Waals surface area contributed by atoms with Crippen LogP contribution in [0.4, 0.5) is 17.6 Å². The quantitative estimate of drug-likeness (QED) is 0.462. The van der Waals surface area contributed by atoms with Crippen LogP contribution in [0.2, 0.25) is 0 Å². The van der Waals surface area contributed by atoms with Crippen LogP contribution in [-0.2, 0) is 12.7 Å². The third-order valence-corrected chi connectivity index (χ3v) is 6.25. The third-order valence-electron chi connectivity index (χ3n) is 6.25. The van der Waals surface area contributed by atoms with Crippen molar-refractivity contribution in [2.24, 2.45) is 0 Å². The minimum atomic E-state index is -4.39. The lowest BCUT2D eigenvalue weighted by Crippen LogP contribution is -2.37. The molecule has 1 fully saturated rings. The van der Waals surface area contributed by atoms with Gasteiger partial charge < -0.3 is 14.5 Å². The lowest BCUT2D eigenvalue weighted by Gasteiger charge is -2.31. The molecule has 0 bridgehead atoms. The second-order valence-corrected chi connectivity index (χ2v) is 8.35. The predicted octanol–water partition coefficient (Wildman–Crippen LogP) is 4.31. The number of halogens is 4.